The third kappa shape index (κ3) is 5.07. The molecule has 5 heteroatoms. The molecule has 3 rings (SSSR count). The molecule has 1 aliphatic carbocycles. The first-order valence-corrected chi connectivity index (χ1v) is 8.49. The van der Waals surface area contributed by atoms with Crippen molar-refractivity contribution in [2.75, 3.05) is 5.32 Å². The Bertz CT molecular complexity index is 780. The summed E-state index contributed by atoms with van der Waals surface area (Å²) in [6.07, 6.45) is 4.83. The first kappa shape index (κ1) is 17.0. The van der Waals surface area contributed by atoms with Gasteiger partial charge in [-0.3, -0.25) is 0 Å². The summed E-state index contributed by atoms with van der Waals surface area (Å²) < 4.78 is 0. The average molecular weight is 335 g/mol. The maximum Gasteiger partial charge on any atom is 0.319 e. The molecule has 1 aromatic carbocycles. The van der Waals surface area contributed by atoms with Gasteiger partial charge in [-0.2, -0.15) is 0 Å². The molecule has 0 aliphatic heterocycles. The number of aliphatic hydroxyl groups excluding tert-OH is 1. The SMILES string of the molecule is O=C(Nc1cccc(C#Cc2ccccn2)c1)NC1CCCCC1O. The fourth-order valence-corrected chi connectivity index (χ4v) is 2.86. The number of pyridine rings is 1. The first-order valence-electron chi connectivity index (χ1n) is 8.49. The zero-order valence-corrected chi connectivity index (χ0v) is 13.9. The quantitative estimate of drug-likeness (QED) is 0.739. The number of anilines is 1. The van der Waals surface area contributed by atoms with E-state index in [1.54, 1.807) is 6.20 Å². The highest BCUT2D eigenvalue weighted by molar-refractivity contribution is 5.89. The van der Waals surface area contributed by atoms with Crippen LogP contribution in [0, 0.1) is 11.8 Å². The lowest BCUT2D eigenvalue weighted by atomic mass is 9.93. The number of amides is 2. The van der Waals surface area contributed by atoms with Crippen LogP contribution in [0.3, 0.4) is 0 Å². The van der Waals surface area contributed by atoms with Crippen LogP contribution in [0.15, 0.2) is 48.7 Å². The summed E-state index contributed by atoms with van der Waals surface area (Å²) in [6.45, 7) is 0. The minimum Gasteiger partial charge on any atom is -0.391 e. The molecule has 0 spiro atoms. The lowest BCUT2D eigenvalue weighted by Gasteiger charge is -2.28. The second-order valence-electron chi connectivity index (χ2n) is 6.10. The third-order valence-electron chi connectivity index (χ3n) is 4.17. The van der Waals surface area contributed by atoms with Crippen LogP contribution in [0.2, 0.25) is 0 Å². The highest BCUT2D eigenvalue weighted by Crippen LogP contribution is 2.18. The molecule has 2 atom stereocenters. The van der Waals surface area contributed by atoms with E-state index in [9.17, 15) is 9.90 Å². The molecule has 3 N–H and O–H groups in total. The van der Waals surface area contributed by atoms with Gasteiger partial charge in [0.1, 0.15) is 5.69 Å². The number of urea groups is 1. The molecule has 2 amide bonds. The maximum absolute atomic E-state index is 12.1. The number of carbonyl (C=O) groups is 1. The number of aromatic nitrogens is 1. The molecule has 2 aromatic rings. The van der Waals surface area contributed by atoms with Gasteiger partial charge in [0.05, 0.1) is 12.1 Å². The van der Waals surface area contributed by atoms with Crippen molar-refractivity contribution in [3.8, 4) is 11.8 Å². The molecule has 25 heavy (non-hydrogen) atoms. The zero-order valence-electron chi connectivity index (χ0n) is 13.9. The molecule has 1 aromatic heterocycles. The van der Waals surface area contributed by atoms with Crippen molar-refractivity contribution in [1.82, 2.24) is 10.3 Å². The second-order valence-corrected chi connectivity index (χ2v) is 6.10. The summed E-state index contributed by atoms with van der Waals surface area (Å²) in [4.78, 5) is 16.3. The van der Waals surface area contributed by atoms with Crippen LogP contribution >= 0.6 is 0 Å². The smallest absolute Gasteiger partial charge is 0.319 e. The molecule has 5 nitrogen and oxygen atoms in total. The number of benzene rings is 1. The van der Waals surface area contributed by atoms with Gasteiger partial charge >= 0.3 is 6.03 Å². The van der Waals surface area contributed by atoms with Crippen molar-refractivity contribution in [1.29, 1.82) is 0 Å². The number of nitrogens with zero attached hydrogens (tertiary/aromatic N) is 1. The Balaban J connectivity index is 1.61. The molecule has 1 fully saturated rings. The van der Waals surface area contributed by atoms with Gasteiger partial charge in [-0.15, -0.1) is 0 Å². The van der Waals surface area contributed by atoms with E-state index in [0.29, 0.717) is 11.4 Å². The number of aliphatic hydroxyl groups is 1. The molecule has 2 unspecified atom stereocenters. The van der Waals surface area contributed by atoms with E-state index in [4.69, 9.17) is 0 Å². The summed E-state index contributed by atoms with van der Waals surface area (Å²) in [5.74, 6) is 6.03. The van der Waals surface area contributed by atoms with Crippen molar-refractivity contribution in [2.24, 2.45) is 0 Å². The van der Waals surface area contributed by atoms with E-state index >= 15 is 0 Å². The Morgan fingerprint density at radius 2 is 2.00 bits per heavy atom. The third-order valence-corrected chi connectivity index (χ3v) is 4.17. The second kappa shape index (κ2) is 8.32. The molecular weight excluding hydrogens is 314 g/mol. The Morgan fingerprint density at radius 3 is 2.80 bits per heavy atom. The van der Waals surface area contributed by atoms with E-state index in [2.05, 4.69) is 27.5 Å². The Labute approximate surface area is 147 Å². The number of hydrogen-bond donors (Lipinski definition) is 3. The van der Waals surface area contributed by atoms with Crippen molar-refractivity contribution in [2.45, 2.75) is 37.8 Å². The molecule has 1 heterocycles. The summed E-state index contributed by atoms with van der Waals surface area (Å²) >= 11 is 0. The summed E-state index contributed by atoms with van der Waals surface area (Å²) in [5.41, 5.74) is 2.15. The lowest BCUT2D eigenvalue weighted by molar-refractivity contribution is 0.0955. The van der Waals surface area contributed by atoms with E-state index in [1.807, 2.05) is 42.5 Å². The Hall–Kier alpha value is -2.84. The normalized spacial score (nSPS) is 19.4. The van der Waals surface area contributed by atoms with Crippen LogP contribution < -0.4 is 10.6 Å². The average Bonchev–Trinajstić information content (AvgIpc) is 2.63. The van der Waals surface area contributed by atoms with Crippen molar-refractivity contribution < 1.29 is 9.90 Å². The van der Waals surface area contributed by atoms with Gasteiger partial charge in [0.25, 0.3) is 0 Å². The monoisotopic (exact) mass is 335 g/mol. The number of hydrogen-bond acceptors (Lipinski definition) is 3. The highest BCUT2D eigenvalue weighted by Gasteiger charge is 2.24. The maximum atomic E-state index is 12.1. The lowest BCUT2D eigenvalue weighted by Crippen LogP contribution is -2.46. The topological polar surface area (TPSA) is 74.2 Å². The van der Waals surface area contributed by atoms with Crippen molar-refractivity contribution >= 4 is 11.7 Å². The van der Waals surface area contributed by atoms with Gasteiger partial charge in [0.15, 0.2) is 0 Å². The van der Waals surface area contributed by atoms with Gasteiger partial charge in [-0.1, -0.05) is 30.9 Å². The van der Waals surface area contributed by atoms with Crippen LogP contribution in [-0.2, 0) is 0 Å². The van der Waals surface area contributed by atoms with Crippen LogP contribution in [0.1, 0.15) is 36.9 Å². The van der Waals surface area contributed by atoms with E-state index in [1.165, 1.54) is 0 Å². The van der Waals surface area contributed by atoms with Crippen LogP contribution in [0.5, 0.6) is 0 Å². The van der Waals surface area contributed by atoms with E-state index in [-0.39, 0.29) is 12.1 Å². The molecule has 1 aliphatic rings. The highest BCUT2D eigenvalue weighted by atomic mass is 16.3. The summed E-state index contributed by atoms with van der Waals surface area (Å²) in [6, 6.07) is 12.4. The molecule has 1 saturated carbocycles. The summed E-state index contributed by atoms with van der Waals surface area (Å²) in [5, 5.41) is 15.6. The van der Waals surface area contributed by atoms with E-state index < -0.39 is 6.10 Å². The van der Waals surface area contributed by atoms with Crippen LogP contribution in [0.4, 0.5) is 10.5 Å². The van der Waals surface area contributed by atoms with Gasteiger partial charge in [0.2, 0.25) is 0 Å². The first-order chi connectivity index (χ1) is 12.2. The van der Waals surface area contributed by atoms with Crippen molar-refractivity contribution in [3.05, 3.63) is 59.9 Å². The predicted molar refractivity (Wildman–Crippen MR) is 97.1 cm³/mol. The Morgan fingerprint density at radius 1 is 1.12 bits per heavy atom. The van der Waals surface area contributed by atoms with Crippen LogP contribution in [0.25, 0.3) is 0 Å². The summed E-state index contributed by atoms with van der Waals surface area (Å²) in [7, 11) is 0. The number of carbonyl (C=O) groups excluding carboxylic acids is 1. The fourth-order valence-electron chi connectivity index (χ4n) is 2.86. The van der Waals surface area contributed by atoms with Gasteiger partial charge in [-0.25, -0.2) is 9.78 Å². The van der Waals surface area contributed by atoms with Crippen molar-refractivity contribution in [3.63, 3.8) is 0 Å². The predicted octanol–water partition coefficient (Wildman–Crippen LogP) is 2.91. The molecule has 0 saturated heterocycles. The number of nitrogens with one attached hydrogen (secondary N) is 2. The molecule has 0 radical (unpaired) electrons. The van der Waals surface area contributed by atoms with Crippen LogP contribution in [-0.4, -0.2) is 28.3 Å². The molecular formula is C20H21N3O2. The van der Waals surface area contributed by atoms with Gasteiger partial charge in [-0.05, 0) is 49.1 Å². The number of rotatable bonds is 2. The Kier molecular flexibility index (Phi) is 5.65. The molecule has 128 valence electrons. The fraction of sp³-hybridized carbons (Fsp3) is 0.300. The minimum atomic E-state index is -0.463. The minimum absolute atomic E-state index is 0.180. The van der Waals surface area contributed by atoms with Gasteiger partial charge in [0, 0.05) is 17.4 Å². The van der Waals surface area contributed by atoms with E-state index in [0.717, 1.165) is 31.2 Å². The standard InChI is InChI=1S/C20H21N3O2/c24-19-10-2-1-9-18(19)23-20(25)22-17-8-5-6-15(14-17)11-12-16-7-3-4-13-21-16/h3-8,13-14,18-19,24H,1-2,9-10H2,(H2,22,23,25). The van der Waals surface area contributed by atoms with Gasteiger partial charge < -0.3 is 15.7 Å². The largest absolute Gasteiger partial charge is 0.391 e. The molecule has 0 bridgehead atoms. The zero-order chi connectivity index (χ0) is 17.5.